The zero-order valence-electron chi connectivity index (χ0n) is 11.0. The van der Waals surface area contributed by atoms with Crippen LogP contribution in [0.4, 0.5) is 10.1 Å². The zero-order valence-corrected chi connectivity index (χ0v) is 11.7. The van der Waals surface area contributed by atoms with Gasteiger partial charge in [0.15, 0.2) is 0 Å². The van der Waals surface area contributed by atoms with Crippen molar-refractivity contribution in [2.45, 2.75) is 0 Å². The molecule has 1 N–H and O–H groups in total. The van der Waals surface area contributed by atoms with Crippen molar-refractivity contribution in [1.82, 2.24) is 5.43 Å². The number of nitrogens with one attached hydrogen (secondary N) is 1. The Balaban J connectivity index is 2.06. The lowest BCUT2D eigenvalue weighted by Gasteiger charge is -2.01. The average Bonchev–Trinajstić information content (AvgIpc) is 2.50. The van der Waals surface area contributed by atoms with Crippen molar-refractivity contribution in [3.05, 3.63) is 74.5 Å². The minimum absolute atomic E-state index is 0.0492. The summed E-state index contributed by atoms with van der Waals surface area (Å²) in [5.41, 5.74) is 2.29. The van der Waals surface area contributed by atoms with E-state index < -0.39 is 16.6 Å². The highest BCUT2D eigenvalue weighted by atomic mass is 35.5. The van der Waals surface area contributed by atoms with Crippen LogP contribution in [0.3, 0.4) is 0 Å². The summed E-state index contributed by atoms with van der Waals surface area (Å²) in [5.74, 6) is -1.15. The first-order chi connectivity index (χ1) is 10.5. The minimum Gasteiger partial charge on any atom is -0.267 e. The van der Waals surface area contributed by atoms with Gasteiger partial charge in [-0.25, -0.2) is 9.82 Å². The summed E-state index contributed by atoms with van der Waals surface area (Å²) in [4.78, 5) is 21.7. The molecule has 0 unspecified atom stereocenters. The molecule has 0 aliphatic carbocycles. The fourth-order valence-electron chi connectivity index (χ4n) is 1.59. The molecular weight excluding hydrogens is 313 g/mol. The standard InChI is InChI=1S/C14H9ClFN3O3/c15-12-2-1-3-13(16)11(12)8-17-18-14(20)9-4-6-10(7-5-9)19(21)22/h1-8H,(H,18,20)/b17-8+. The van der Waals surface area contributed by atoms with E-state index in [2.05, 4.69) is 10.5 Å². The highest BCUT2D eigenvalue weighted by Crippen LogP contribution is 2.16. The van der Waals surface area contributed by atoms with Crippen molar-refractivity contribution in [3.8, 4) is 0 Å². The molecule has 0 atom stereocenters. The lowest BCUT2D eigenvalue weighted by atomic mass is 10.2. The molecule has 0 spiro atoms. The van der Waals surface area contributed by atoms with E-state index in [0.717, 1.165) is 6.21 Å². The van der Waals surface area contributed by atoms with Gasteiger partial charge in [-0.05, 0) is 24.3 Å². The number of benzene rings is 2. The van der Waals surface area contributed by atoms with Crippen molar-refractivity contribution < 1.29 is 14.1 Å². The van der Waals surface area contributed by atoms with Gasteiger partial charge in [0.1, 0.15) is 5.82 Å². The maximum absolute atomic E-state index is 13.5. The van der Waals surface area contributed by atoms with Gasteiger partial charge in [-0.15, -0.1) is 0 Å². The molecule has 0 heterocycles. The maximum atomic E-state index is 13.5. The van der Waals surface area contributed by atoms with E-state index in [9.17, 15) is 19.3 Å². The number of halogens is 2. The van der Waals surface area contributed by atoms with E-state index in [1.807, 2.05) is 0 Å². The highest BCUT2D eigenvalue weighted by Gasteiger charge is 2.09. The van der Waals surface area contributed by atoms with Crippen LogP contribution >= 0.6 is 11.6 Å². The van der Waals surface area contributed by atoms with E-state index in [4.69, 9.17) is 11.6 Å². The number of non-ortho nitro benzene ring substituents is 1. The van der Waals surface area contributed by atoms with Crippen molar-refractivity contribution in [2.75, 3.05) is 0 Å². The van der Waals surface area contributed by atoms with Crippen LogP contribution in [0.5, 0.6) is 0 Å². The number of nitro benzene ring substituents is 1. The smallest absolute Gasteiger partial charge is 0.267 e. The molecule has 6 nitrogen and oxygen atoms in total. The quantitative estimate of drug-likeness (QED) is 0.533. The molecular formula is C14H9ClFN3O3. The second kappa shape index (κ2) is 6.77. The van der Waals surface area contributed by atoms with Gasteiger partial charge in [0.2, 0.25) is 0 Å². The van der Waals surface area contributed by atoms with Crippen molar-refractivity contribution in [3.63, 3.8) is 0 Å². The first-order valence-electron chi connectivity index (χ1n) is 6.01. The fourth-order valence-corrected chi connectivity index (χ4v) is 1.80. The molecule has 1 amide bonds. The maximum Gasteiger partial charge on any atom is 0.271 e. The Morgan fingerprint density at radius 2 is 1.95 bits per heavy atom. The Kier molecular flexibility index (Phi) is 4.80. The number of nitrogens with zero attached hydrogens (tertiary/aromatic N) is 2. The number of hydrogen-bond acceptors (Lipinski definition) is 4. The van der Waals surface area contributed by atoms with Crippen LogP contribution in [0.25, 0.3) is 0 Å². The molecule has 0 saturated carbocycles. The molecule has 2 aromatic rings. The molecule has 22 heavy (non-hydrogen) atoms. The third-order valence-electron chi connectivity index (χ3n) is 2.70. The van der Waals surface area contributed by atoms with Crippen LogP contribution in [0.2, 0.25) is 5.02 Å². The summed E-state index contributed by atoms with van der Waals surface area (Å²) in [7, 11) is 0. The first-order valence-corrected chi connectivity index (χ1v) is 6.38. The Bertz CT molecular complexity index is 727. The van der Waals surface area contributed by atoms with Gasteiger partial charge in [0.25, 0.3) is 11.6 Å². The lowest BCUT2D eigenvalue weighted by Crippen LogP contribution is -2.17. The predicted octanol–water partition coefficient (Wildman–Crippen LogP) is 3.15. The first kappa shape index (κ1) is 15.6. The van der Waals surface area contributed by atoms with Crippen LogP contribution in [0.1, 0.15) is 15.9 Å². The van der Waals surface area contributed by atoms with Gasteiger partial charge >= 0.3 is 0 Å². The second-order valence-corrected chi connectivity index (χ2v) is 4.55. The summed E-state index contributed by atoms with van der Waals surface area (Å²) < 4.78 is 13.5. The summed E-state index contributed by atoms with van der Waals surface area (Å²) >= 11 is 5.80. The molecule has 0 aliphatic rings. The van der Waals surface area contributed by atoms with Crippen LogP contribution < -0.4 is 5.43 Å². The minimum atomic E-state index is -0.585. The number of hydrogen-bond donors (Lipinski definition) is 1. The predicted molar refractivity (Wildman–Crippen MR) is 79.6 cm³/mol. The van der Waals surface area contributed by atoms with Gasteiger partial charge in [0.05, 0.1) is 16.2 Å². The molecule has 0 bridgehead atoms. The largest absolute Gasteiger partial charge is 0.271 e. The normalized spacial score (nSPS) is 10.6. The van der Waals surface area contributed by atoms with Gasteiger partial charge in [0, 0.05) is 23.3 Å². The van der Waals surface area contributed by atoms with Gasteiger partial charge < -0.3 is 0 Å². The van der Waals surface area contributed by atoms with Crippen LogP contribution in [-0.4, -0.2) is 17.0 Å². The molecule has 0 aliphatic heterocycles. The summed E-state index contributed by atoms with van der Waals surface area (Å²) in [6, 6.07) is 9.14. The van der Waals surface area contributed by atoms with Gasteiger partial charge in [-0.1, -0.05) is 17.7 Å². The second-order valence-electron chi connectivity index (χ2n) is 4.14. The van der Waals surface area contributed by atoms with E-state index in [-0.39, 0.29) is 21.8 Å². The topological polar surface area (TPSA) is 84.6 Å². The van der Waals surface area contributed by atoms with Crippen molar-refractivity contribution in [2.24, 2.45) is 5.10 Å². The Morgan fingerprint density at radius 3 is 2.55 bits per heavy atom. The number of hydrazone groups is 1. The number of carbonyl (C=O) groups is 1. The molecule has 0 fully saturated rings. The molecule has 0 saturated heterocycles. The van der Waals surface area contributed by atoms with Crippen molar-refractivity contribution in [1.29, 1.82) is 0 Å². The summed E-state index contributed by atoms with van der Waals surface area (Å²) in [5, 5.41) is 14.3. The molecule has 2 rings (SSSR count). The molecule has 8 heteroatoms. The number of nitro groups is 1. The van der Waals surface area contributed by atoms with Crippen LogP contribution in [-0.2, 0) is 0 Å². The summed E-state index contributed by atoms with van der Waals surface area (Å²) in [6.07, 6.45) is 1.08. The zero-order chi connectivity index (χ0) is 16.1. The third-order valence-corrected chi connectivity index (χ3v) is 3.03. The van der Waals surface area contributed by atoms with Crippen LogP contribution in [0.15, 0.2) is 47.6 Å². The monoisotopic (exact) mass is 321 g/mol. The van der Waals surface area contributed by atoms with E-state index >= 15 is 0 Å². The van der Waals surface area contributed by atoms with Crippen molar-refractivity contribution >= 4 is 29.4 Å². The summed E-state index contributed by atoms with van der Waals surface area (Å²) in [6.45, 7) is 0. The van der Waals surface area contributed by atoms with E-state index in [1.165, 1.54) is 42.5 Å². The Hall–Kier alpha value is -2.80. The Morgan fingerprint density at radius 1 is 1.27 bits per heavy atom. The van der Waals surface area contributed by atoms with Gasteiger partial charge in [-0.3, -0.25) is 14.9 Å². The molecule has 0 radical (unpaired) electrons. The van der Waals surface area contributed by atoms with Gasteiger partial charge in [-0.2, -0.15) is 5.10 Å². The molecule has 112 valence electrons. The average molecular weight is 322 g/mol. The highest BCUT2D eigenvalue weighted by molar-refractivity contribution is 6.33. The number of rotatable bonds is 4. The molecule has 2 aromatic carbocycles. The number of amides is 1. The van der Waals surface area contributed by atoms with E-state index in [0.29, 0.717) is 0 Å². The van der Waals surface area contributed by atoms with E-state index in [1.54, 1.807) is 0 Å². The Labute approximate surface area is 129 Å². The lowest BCUT2D eigenvalue weighted by molar-refractivity contribution is -0.384. The number of carbonyl (C=O) groups excluding carboxylic acids is 1. The third kappa shape index (κ3) is 3.64. The van der Waals surface area contributed by atoms with Crippen LogP contribution in [0, 0.1) is 15.9 Å². The SMILES string of the molecule is O=C(N/N=C/c1c(F)cccc1Cl)c1ccc([N+](=O)[O-])cc1. The fraction of sp³-hybridized carbons (Fsp3) is 0. The molecule has 0 aromatic heterocycles.